The number of ketones is 3. The minimum Gasteiger partial charge on any atom is -0.507 e. The average Bonchev–Trinajstić information content (AvgIpc) is 2.63. The highest BCUT2D eigenvalue weighted by Gasteiger charge is 2.57. The zero-order valence-corrected chi connectivity index (χ0v) is 19.5. The third-order valence-electron chi connectivity index (χ3n) is 6.40. The van der Waals surface area contributed by atoms with E-state index in [1.54, 1.807) is 27.7 Å². The first-order chi connectivity index (χ1) is 14.1. The van der Waals surface area contributed by atoms with Crippen LogP contribution in [-0.2, 0) is 9.59 Å². The highest BCUT2D eigenvalue weighted by Crippen LogP contribution is 2.58. The molecule has 1 aromatic carbocycles. The molecule has 1 aromatic rings. The van der Waals surface area contributed by atoms with Gasteiger partial charge in [0.2, 0.25) is 0 Å². The molecule has 0 bridgehead atoms. The number of hydrogen-bond donors (Lipinski definition) is 2. The van der Waals surface area contributed by atoms with Crippen molar-refractivity contribution < 1.29 is 29.3 Å². The van der Waals surface area contributed by atoms with Crippen LogP contribution >= 0.6 is 0 Å². The molecule has 0 radical (unpaired) electrons. The number of phenols is 2. The van der Waals surface area contributed by atoms with E-state index in [0.29, 0.717) is 11.1 Å². The van der Waals surface area contributed by atoms with Crippen molar-refractivity contribution in [3.8, 4) is 17.2 Å². The molecule has 6 heteroatoms. The predicted molar refractivity (Wildman–Crippen MR) is 116 cm³/mol. The monoisotopic (exact) mass is 428 g/mol. The van der Waals surface area contributed by atoms with Crippen LogP contribution in [0.5, 0.6) is 17.2 Å². The number of rotatable bonds is 4. The number of fused-ring (bicyclic) bond motifs is 1. The van der Waals surface area contributed by atoms with Gasteiger partial charge in [0.05, 0.1) is 10.8 Å². The van der Waals surface area contributed by atoms with Gasteiger partial charge in [-0.2, -0.15) is 0 Å². The lowest BCUT2D eigenvalue weighted by Crippen LogP contribution is -2.52. The Morgan fingerprint density at radius 1 is 1.03 bits per heavy atom. The number of Topliss-reactive ketones (excluding diaryl/α,β-unsaturated/α-hetero) is 3. The van der Waals surface area contributed by atoms with Crippen LogP contribution < -0.4 is 4.74 Å². The van der Waals surface area contributed by atoms with Crippen LogP contribution in [0.2, 0.25) is 0 Å². The number of phenolic OH excluding ortho intramolecular Hbond substituents is 2. The molecule has 1 aliphatic heterocycles. The van der Waals surface area contributed by atoms with Gasteiger partial charge in [0.25, 0.3) is 0 Å². The Morgan fingerprint density at radius 3 is 2.13 bits per heavy atom. The van der Waals surface area contributed by atoms with Gasteiger partial charge in [-0.3, -0.25) is 14.4 Å². The predicted octanol–water partition coefficient (Wildman–Crippen LogP) is 4.92. The fourth-order valence-corrected chi connectivity index (χ4v) is 4.94. The van der Waals surface area contributed by atoms with Crippen molar-refractivity contribution in [2.75, 3.05) is 0 Å². The van der Waals surface area contributed by atoms with E-state index >= 15 is 0 Å². The zero-order chi connectivity index (χ0) is 23.6. The van der Waals surface area contributed by atoms with Crippen LogP contribution in [0, 0.1) is 22.7 Å². The Labute approximate surface area is 183 Å². The van der Waals surface area contributed by atoms with Crippen molar-refractivity contribution >= 4 is 17.3 Å². The van der Waals surface area contributed by atoms with E-state index in [9.17, 15) is 24.6 Å². The van der Waals surface area contributed by atoms with E-state index in [1.807, 2.05) is 27.7 Å². The molecule has 0 spiro atoms. The molecular formula is C25H32O6. The normalized spacial score (nSPS) is 21.8. The van der Waals surface area contributed by atoms with Gasteiger partial charge in [-0.05, 0) is 39.5 Å². The highest BCUT2D eigenvalue weighted by atomic mass is 16.5. The number of benzene rings is 1. The molecule has 0 fully saturated rings. The van der Waals surface area contributed by atoms with Gasteiger partial charge in [0.15, 0.2) is 17.3 Å². The van der Waals surface area contributed by atoms with E-state index in [2.05, 4.69) is 0 Å². The van der Waals surface area contributed by atoms with E-state index < -0.39 is 16.7 Å². The van der Waals surface area contributed by atoms with Gasteiger partial charge >= 0.3 is 0 Å². The van der Waals surface area contributed by atoms with Crippen molar-refractivity contribution in [2.45, 2.75) is 67.7 Å². The van der Waals surface area contributed by atoms with Crippen LogP contribution in [0.3, 0.4) is 0 Å². The second-order valence-electron chi connectivity index (χ2n) is 10.5. The van der Waals surface area contributed by atoms with Crippen molar-refractivity contribution in [1.29, 1.82) is 0 Å². The second kappa shape index (κ2) is 7.21. The molecule has 1 atom stereocenters. The average molecular weight is 429 g/mol. The topological polar surface area (TPSA) is 101 Å². The lowest BCUT2D eigenvalue weighted by Gasteiger charge is -2.45. The molecule has 1 unspecified atom stereocenters. The summed E-state index contributed by atoms with van der Waals surface area (Å²) in [5.74, 6) is -1.95. The molecule has 0 saturated heterocycles. The Kier molecular flexibility index (Phi) is 5.36. The number of ether oxygens (including phenoxy) is 1. The van der Waals surface area contributed by atoms with Gasteiger partial charge in [0, 0.05) is 29.5 Å². The van der Waals surface area contributed by atoms with Crippen molar-refractivity contribution in [3.63, 3.8) is 0 Å². The molecule has 1 heterocycles. The molecule has 2 aliphatic rings. The summed E-state index contributed by atoms with van der Waals surface area (Å²) in [7, 11) is 0. The third-order valence-corrected chi connectivity index (χ3v) is 6.40. The molecule has 6 nitrogen and oxygen atoms in total. The Morgan fingerprint density at radius 2 is 1.61 bits per heavy atom. The number of aromatic hydroxyl groups is 2. The fraction of sp³-hybridized carbons (Fsp3) is 0.560. The Hall–Kier alpha value is -2.63. The van der Waals surface area contributed by atoms with Crippen molar-refractivity contribution in [3.05, 3.63) is 28.5 Å². The number of allylic oxidation sites excluding steroid dienone is 2. The maximum absolute atomic E-state index is 13.5. The van der Waals surface area contributed by atoms with Crippen molar-refractivity contribution in [1.82, 2.24) is 0 Å². The Balaban J connectivity index is 2.38. The Bertz CT molecular complexity index is 1020. The maximum Gasteiger partial charge on any atom is 0.175 e. The number of carbonyl (C=O) groups excluding carboxylic acids is 3. The first-order valence-electron chi connectivity index (χ1n) is 10.8. The molecule has 1 aliphatic carbocycles. The first kappa shape index (κ1) is 23.0. The van der Waals surface area contributed by atoms with E-state index in [-0.39, 0.29) is 64.2 Å². The fourth-order valence-electron chi connectivity index (χ4n) is 4.94. The van der Waals surface area contributed by atoms with Gasteiger partial charge in [-0.1, -0.05) is 27.7 Å². The number of carbonyl (C=O) groups is 3. The molecule has 3 rings (SSSR count). The molecule has 2 N–H and O–H groups in total. The highest BCUT2D eigenvalue weighted by molar-refractivity contribution is 6.20. The quantitative estimate of drug-likeness (QED) is 0.522. The third kappa shape index (κ3) is 3.27. The minimum atomic E-state index is -1.24. The summed E-state index contributed by atoms with van der Waals surface area (Å²) in [5.41, 5.74) is -1.69. The molecule has 31 heavy (non-hydrogen) atoms. The van der Waals surface area contributed by atoms with E-state index in [1.165, 1.54) is 0 Å². The zero-order valence-electron chi connectivity index (χ0n) is 19.5. The summed E-state index contributed by atoms with van der Waals surface area (Å²) >= 11 is 0. The summed E-state index contributed by atoms with van der Waals surface area (Å²) in [6.45, 7) is 14.3. The maximum atomic E-state index is 13.5. The number of hydrogen-bond acceptors (Lipinski definition) is 6. The first-order valence-corrected chi connectivity index (χ1v) is 10.8. The van der Waals surface area contributed by atoms with Crippen LogP contribution in [0.25, 0.3) is 0 Å². The molecular weight excluding hydrogens is 396 g/mol. The SMILES string of the molecule is CC(C)CC(=O)c1c(O)cc(O)c2c1OC1=C(C(=O)C(C)(C)C(=O)C1(C)C)C2C(C)C. The summed E-state index contributed by atoms with van der Waals surface area (Å²) in [5, 5.41) is 21.3. The molecule has 0 saturated carbocycles. The summed E-state index contributed by atoms with van der Waals surface area (Å²) < 4.78 is 6.16. The van der Waals surface area contributed by atoms with Crippen LogP contribution in [0.1, 0.15) is 83.7 Å². The van der Waals surface area contributed by atoms with Crippen molar-refractivity contribution in [2.24, 2.45) is 22.7 Å². The van der Waals surface area contributed by atoms with Gasteiger partial charge in [-0.25, -0.2) is 0 Å². The van der Waals surface area contributed by atoms with Crippen LogP contribution in [0.4, 0.5) is 0 Å². The lowest BCUT2D eigenvalue weighted by atomic mass is 9.59. The van der Waals surface area contributed by atoms with Gasteiger partial charge < -0.3 is 14.9 Å². The summed E-state index contributed by atoms with van der Waals surface area (Å²) in [6.07, 6.45) is 0.181. The standard InChI is InChI=1S/C25H32O6/c1-11(2)9-13(26)17-14(27)10-15(28)18-16(12(3)4)19-21(29)24(5,6)23(30)25(7,8)22(19)31-20(17)18/h10-12,16,27-28H,9H2,1-8H3. The molecule has 168 valence electrons. The minimum absolute atomic E-state index is 0.0146. The lowest BCUT2D eigenvalue weighted by molar-refractivity contribution is -0.144. The van der Waals surface area contributed by atoms with Crippen LogP contribution in [-0.4, -0.2) is 27.6 Å². The smallest absolute Gasteiger partial charge is 0.175 e. The van der Waals surface area contributed by atoms with Gasteiger partial charge in [-0.15, -0.1) is 0 Å². The van der Waals surface area contributed by atoms with E-state index in [0.717, 1.165) is 6.07 Å². The largest absolute Gasteiger partial charge is 0.507 e. The van der Waals surface area contributed by atoms with Gasteiger partial charge in [0.1, 0.15) is 28.6 Å². The summed E-state index contributed by atoms with van der Waals surface area (Å²) in [6, 6.07) is 1.14. The van der Waals surface area contributed by atoms with Crippen LogP contribution in [0.15, 0.2) is 17.4 Å². The van der Waals surface area contributed by atoms with E-state index in [4.69, 9.17) is 4.74 Å². The molecule has 0 amide bonds. The second-order valence-corrected chi connectivity index (χ2v) is 10.5. The summed E-state index contributed by atoms with van der Waals surface area (Å²) in [4.78, 5) is 39.7. The molecule has 0 aromatic heterocycles.